The largest absolute Gasteiger partial charge is 0.0616 e. The van der Waals surface area contributed by atoms with Crippen molar-refractivity contribution in [1.82, 2.24) is 0 Å². The van der Waals surface area contributed by atoms with Crippen molar-refractivity contribution in [1.29, 1.82) is 0 Å². The summed E-state index contributed by atoms with van der Waals surface area (Å²) in [5.41, 5.74) is 1.08. The number of halogens is 1. The van der Waals surface area contributed by atoms with Gasteiger partial charge in [-0.3, -0.25) is 0 Å². The Morgan fingerprint density at radius 1 is 0.812 bits per heavy atom. The third-order valence-electron chi connectivity index (χ3n) is 2.91. The summed E-state index contributed by atoms with van der Waals surface area (Å²) < 4.78 is 1.11. The van der Waals surface area contributed by atoms with Crippen LogP contribution in [0, 0.1) is 6.92 Å². The van der Waals surface area contributed by atoms with Crippen molar-refractivity contribution in [3.8, 4) is 0 Å². The summed E-state index contributed by atoms with van der Waals surface area (Å²) in [5, 5.41) is 5.02. The Hall–Kier alpha value is -1.34. The standard InChI is InChI=1S/C15H10Br/c1-10-8-11-4-2-3-5-14(11)15-9-12(16)6-7-13(10)15/h2-9H,1H2. The van der Waals surface area contributed by atoms with E-state index in [4.69, 9.17) is 0 Å². The Morgan fingerprint density at radius 3 is 2.50 bits per heavy atom. The lowest BCUT2D eigenvalue weighted by molar-refractivity contribution is 1.68. The van der Waals surface area contributed by atoms with Crippen molar-refractivity contribution in [3.05, 3.63) is 65.5 Å². The van der Waals surface area contributed by atoms with Crippen LogP contribution in [-0.2, 0) is 0 Å². The molecule has 0 heterocycles. The number of rotatable bonds is 0. The van der Waals surface area contributed by atoms with Crippen LogP contribution in [0.15, 0.2) is 53.0 Å². The second-order valence-corrected chi connectivity index (χ2v) is 4.86. The minimum atomic E-state index is 1.08. The normalized spacial score (nSPS) is 11.1. The van der Waals surface area contributed by atoms with E-state index in [1.54, 1.807) is 0 Å². The van der Waals surface area contributed by atoms with Crippen LogP contribution >= 0.6 is 15.9 Å². The van der Waals surface area contributed by atoms with Crippen LogP contribution in [0.5, 0.6) is 0 Å². The molecule has 0 amide bonds. The van der Waals surface area contributed by atoms with Gasteiger partial charge in [-0.1, -0.05) is 52.3 Å². The van der Waals surface area contributed by atoms with Crippen molar-refractivity contribution in [3.63, 3.8) is 0 Å². The second-order valence-electron chi connectivity index (χ2n) is 3.95. The zero-order valence-corrected chi connectivity index (χ0v) is 10.3. The first-order valence-electron chi connectivity index (χ1n) is 5.19. The van der Waals surface area contributed by atoms with Gasteiger partial charge in [0.25, 0.3) is 0 Å². The molecule has 3 rings (SSSR count). The van der Waals surface area contributed by atoms with Gasteiger partial charge in [0.15, 0.2) is 0 Å². The van der Waals surface area contributed by atoms with Crippen LogP contribution in [0.25, 0.3) is 21.5 Å². The van der Waals surface area contributed by atoms with Gasteiger partial charge in [0.05, 0.1) is 0 Å². The fourth-order valence-corrected chi connectivity index (χ4v) is 2.51. The zero-order chi connectivity index (χ0) is 11.1. The molecule has 77 valence electrons. The molecule has 0 aliphatic heterocycles. The van der Waals surface area contributed by atoms with Gasteiger partial charge in [-0.2, -0.15) is 0 Å². The maximum Gasteiger partial charge on any atom is 0.0181 e. The highest BCUT2D eigenvalue weighted by Crippen LogP contribution is 2.30. The lowest BCUT2D eigenvalue weighted by atomic mass is 9.98. The number of hydrogen-bond acceptors (Lipinski definition) is 0. The molecule has 0 spiro atoms. The molecule has 0 N–H and O–H groups in total. The minimum absolute atomic E-state index is 1.08. The van der Waals surface area contributed by atoms with E-state index in [1.807, 2.05) is 0 Å². The van der Waals surface area contributed by atoms with Crippen molar-refractivity contribution >= 4 is 37.5 Å². The van der Waals surface area contributed by atoms with Crippen molar-refractivity contribution < 1.29 is 0 Å². The van der Waals surface area contributed by atoms with Crippen LogP contribution in [0.3, 0.4) is 0 Å². The fourth-order valence-electron chi connectivity index (χ4n) is 2.15. The zero-order valence-electron chi connectivity index (χ0n) is 8.70. The molecule has 0 aromatic heterocycles. The molecule has 3 aromatic rings. The first-order valence-corrected chi connectivity index (χ1v) is 5.98. The highest BCUT2D eigenvalue weighted by Gasteiger charge is 2.03. The summed E-state index contributed by atoms with van der Waals surface area (Å²) in [6, 6.07) is 16.9. The van der Waals surface area contributed by atoms with E-state index in [-0.39, 0.29) is 0 Å². The lowest BCUT2D eigenvalue weighted by Gasteiger charge is -2.07. The van der Waals surface area contributed by atoms with E-state index in [2.05, 4.69) is 71.4 Å². The van der Waals surface area contributed by atoms with Gasteiger partial charge in [0.2, 0.25) is 0 Å². The lowest BCUT2D eigenvalue weighted by Crippen LogP contribution is -1.82. The Bertz CT molecular complexity index is 683. The highest BCUT2D eigenvalue weighted by atomic mass is 79.9. The fraction of sp³-hybridized carbons (Fsp3) is 0. The summed E-state index contributed by atoms with van der Waals surface area (Å²) >= 11 is 3.52. The third kappa shape index (κ3) is 1.43. The Balaban J connectivity index is 2.61. The Labute approximate surface area is 103 Å². The Morgan fingerprint density at radius 2 is 1.62 bits per heavy atom. The van der Waals surface area contributed by atoms with Gasteiger partial charge in [-0.15, -0.1) is 0 Å². The van der Waals surface area contributed by atoms with Crippen LogP contribution in [-0.4, -0.2) is 0 Å². The van der Waals surface area contributed by atoms with Crippen LogP contribution < -0.4 is 0 Å². The van der Waals surface area contributed by atoms with E-state index >= 15 is 0 Å². The van der Waals surface area contributed by atoms with E-state index in [0.717, 1.165) is 10.0 Å². The number of benzene rings is 3. The first kappa shape index (κ1) is 9.86. The molecule has 0 aliphatic rings. The van der Waals surface area contributed by atoms with Crippen molar-refractivity contribution in [2.24, 2.45) is 0 Å². The SMILES string of the molecule is [CH2]c1cc2ccccc2c2cc(Br)ccc12. The van der Waals surface area contributed by atoms with Gasteiger partial charge in [-0.05, 0) is 46.2 Å². The average Bonchev–Trinajstić information content (AvgIpc) is 2.29. The van der Waals surface area contributed by atoms with Gasteiger partial charge < -0.3 is 0 Å². The molecule has 0 unspecified atom stereocenters. The Kier molecular flexibility index (Phi) is 2.22. The third-order valence-corrected chi connectivity index (χ3v) is 3.40. The summed E-state index contributed by atoms with van der Waals surface area (Å²) in [4.78, 5) is 0. The summed E-state index contributed by atoms with van der Waals surface area (Å²) in [6.07, 6.45) is 0. The summed E-state index contributed by atoms with van der Waals surface area (Å²) in [5.74, 6) is 0. The van der Waals surface area contributed by atoms with Gasteiger partial charge in [0, 0.05) is 4.47 Å². The molecule has 0 aliphatic carbocycles. The number of fused-ring (bicyclic) bond motifs is 3. The van der Waals surface area contributed by atoms with E-state index in [0.29, 0.717) is 0 Å². The molecule has 3 aromatic carbocycles. The van der Waals surface area contributed by atoms with E-state index in [9.17, 15) is 0 Å². The van der Waals surface area contributed by atoms with Gasteiger partial charge in [-0.25, -0.2) is 0 Å². The topological polar surface area (TPSA) is 0 Å². The molecule has 1 heteroatoms. The second kappa shape index (κ2) is 3.60. The summed E-state index contributed by atoms with van der Waals surface area (Å²) in [6.45, 7) is 4.11. The monoisotopic (exact) mass is 269 g/mol. The predicted octanol–water partition coefficient (Wildman–Crippen LogP) is 4.94. The molecule has 0 saturated carbocycles. The molecule has 0 bridgehead atoms. The maximum absolute atomic E-state index is 4.11. The first-order chi connectivity index (χ1) is 7.75. The van der Waals surface area contributed by atoms with Gasteiger partial charge >= 0.3 is 0 Å². The van der Waals surface area contributed by atoms with Crippen LogP contribution in [0.4, 0.5) is 0 Å². The molecule has 1 radical (unpaired) electrons. The van der Waals surface area contributed by atoms with Crippen molar-refractivity contribution in [2.45, 2.75) is 0 Å². The maximum atomic E-state index is 4.11. The van der Waals surface area contributed by atoms with E-state index < -0.39 is 0 Å². The van der Waals surface area contributed by atoms with Crippen LogP contribution in [0.1, 0.15) is 5.56 Å². The van der Waals surface area contributed by atoms with E-state index in [1.165, 1.54) is 21.5 Å². The molecular weight excluding hydrogens is 260 g/mol. The smallest absolute Gasteiger partial charge is 0.0181 e. The molecule has 0 nitrogen and oxygen atoms in total. The molecule has 16 heavy (non-hydrogen) atoms. The summed E-state index contributed by atoms with van der Waals surface area (Å²) in [7, 11) is 0. The molecule has 0 saturated heterocycles. The predicted molar refractivity (Wildman–Crippen MR) is 73.6 cm³/mol. The van der Waals surface area contributed by atoms with Gasteiger partial charge in [0.1, 0.15) is 0 Å². The highest BCUT2D eigenvalue weighted by molar-refractivity contribution is 9.10. The molecular formula is C15H10Br. The molecule has 0 fully saturated rings. The quantitative estimate of drug-likeness (QED) is 0.508. The van der Waals surface area contributed by atoms with Crippen LogP contribution in [0.2, 0.25) is 0 Å². The average molecular weight is 270 g/mol. The minimum Gasteiger partial charge on any atom is -0.0616 e. The molecule has 0 atom stereocenters. The van der Waals surface area contributed by atoms with Crippen molar-refractivity contribution in [2.75, 3.05) is 0 Å². The number of hydrogen-bond donors (Lipinski definition) is 0.